The Kier molecular flexibility index (Phi) is 4.27. The summed E-state index contributed by atoms with van der Waals surface area (Å²) in [5.41, 5.74) is 0.692. The Morgan fingerprint density at radius 1 is 1.41 bits per heavy atom. The number of hydrogen-bond acceptors (Lipinski definition) is 3. The van der Waals surface area contributed by atoms with Gasteiger partial charge >= 0.3 is 6.03 Å². The van der Waals surface area contributed by atoms with Crippen LogP contribution in [0, 0.1) is 0 Å². The third-order valence-corrected chi connectivity index (χ3v) is 5.25. The van der Waals surface area contributed by atoms with E-state index in [2.05, 4.69) is 28.1 Å². The number of anilines is 1. The quantitative estimate of drug-likeness (QED) is 0.857. The first-order chi connectivity index (χ1) is 10.6. The zero-order valence-corrected chi connectivity index (χ0v) is 13.8. The molecule has 1 fully saturated rings. The van der Waals surface area contributed by atoms with E-state index < -0.39 is 0 Å². The van der Waals surface area contributed by atoms with E-state index in [9.17, 15) is 4.79 Å². The summed E-state index contributed by atoms with van der Waals surface area (Å²) in [6.07, 6.45) is 2.24. The first kappa shape index (κ1) is 15.2. The van der Waals surface area contributed by atoms with Crippen LogP contribution in [0.1, 0.15) is 17.7 Å². The molecule has 3 rings (SSSR count). The number of carbonyl (C=O) groups excluding carboxylic acids is 1. The predicted molar refractivity (Wildman–Crippen MR) is 90.3 cm³/mol. The van der Waals surface area contributed by atoms with E-state index in [0.717, 1.165) is 12.8 Å². The smallest absolute Gasteiger partial charge is 0.319 e. The van der Waals surface area contributed by atoms with E-state index in [1.165, 1.54) is 4.88 Å². The molecule has 1 aliphatic rings. The lowest BCUT2D eigenvalue weighted by atomic mass is 10.1. The molecule has 1 aromatic heterocycles. The summed E-state index contributed by atoms with van der Waals surface area (Å²) in [5.74, 6) is 0.582. The van der Waals surface area contributed by atoms with Crippen LogP contribution in [0.4, 0.5) is 10.5 Å². The molecule has 1 saturated carbocycles. The number of thiophene rings is 1. The van der Waals surface area contributed by atoms with Gasteiger partial charge in [0.05, 0.1) is 12.8 Å². The van der Waals surface area contributed by atoms with Crippen molar-refractivity contribution in [2.24, 2.45) is 0 Å². The number of amides is 2. The van der Waals surface area contributed by atoms with Crippen LogP contribution in [0.3, 0.4) is 0 Å². The van der Waals surface area contributed by atoms with Crippen molar-refractivity contribution in [2.75, 3.05) is 19.0 Å². The Balaban J connectivity index is 1.61. The van der Waals surface area contributed by atoms with Crippen LogP contribution < -0.4 is 15.4 Å². The van der Waals surface area contributed by atoms with Gasteiger partial charge in [-0.1, -0.05) is 17.7 Å². The van der Waals surface area contributed by atoms with Gasteiger partial charge in [-0.2, -0.15) is 0 Å². The number of rotatable bonds is 5. The van der Waals surface area contributed by atoms with Crippen LogP contribution in [0.25, 0.3) is 0 Å². The number of benzene rings is 1. The van der Waals surface area contributed by atoms with Gasteiger partial charge < -0.3 is 15.4 Å². The molecular formula is C16H17ClN2O2S. The molecule has 0 bridgehead atoms. The van der Waals surface area contributed by atoms with E-state index >= 15 is 0 Å². The molecule has 0 atom stereocenters. The fraction of sp³-hybridized carbons (Fsp3) is 0.312. The largest absolute Gasteiger partial charge is 0.495 e. The Hall–Kier alpha value is -1.72. The van der Waals surface area contributed by atoms with Gasteiger partial charge in [0, 0.05) is 21.9 Å². The summed E-state index contributed by atoms with van der Waals surface area (Å²) >= 11 is 7.71. The second-order valence-electron chi connectivity index (χ2n) is 5.41. The normalized spacial score (nSPS) is 15.2. The third kappa shape index (κ3) is 3.20. The zero-order chi connectivity index (χ0) is 15.6. The lowest BCUT2D eigenvalue weighted by molar-refractivity contribution is 0.251. The maximum absolute atomic E-state index is 12.1. The van der Waals surface area contributed by atoms with Gasteiger partial charge in [0.25, 0.3) is 0 Å². The monoisotopic (exact) mass is 336 g/mol. The van der Waals surface area contributed by atoms with Gasteiger partial charge in [-0.05, 0) is 42.5 Å². The molecule has 22 heavy (non-hydrogen) atoms. The zero-order valence-electron chi connectivity index (χ0n) is 12.2. The average Bonchev–Trinajstić information content (AvgIpc) is 3.09. The molecule has 1 aliphatic carbocycles. The fourth-order valence-electron chi connectivity index (χ4n) is 2.44. The Morgan fingerprint density at radius 2 is 2.23 bits per heavy atom. The number of methoxy groups -OCH3 is 1. The van der Waals surface area contributed by atoms with Gasteiger partial charge in [-0.25, -0.2) is 4.79 Å². The minimum atomic E-state index is -0.247. The summed E-state index contributed by atoms with van der Waals surface area (Å²) in [5, 5.41) is 8.37. The van der Waals surface area contributed by atoms with E-state index in [4.69, 9.17) is 16.3 Å². The number of ether oxygens (including phenoxy) is 1. The van der Waals surface area contributed by atoms with Crippen LogP contribution in [0.2, 0.25) is 5.02 Å². The van der Waals surface area contributed by atoms with Crippen molar-refractivity contribution in [2.45, 2.75) is 18.3 Å². The summed E-state index contributed by atoms with van der Waals surface area (Å²) < 4.78 is 5.22. The standard InChI is InChI=1S/C16H17ClN2O2S/c1-21-13-5-4-11(17)9-12(13)19-15(20)18-10-16(6-7-16)14-3-2-8-22-14/h2-5,8-9H,6-7,10H2,1H3,(H2,18,19,20). The second-order valence-corrected chi connectivity index (χ2v) is 6.79. The van der Waals surface area contributed by atoms with Gasteiger partial charge in [0.1, 0.15) is 5.75 Å². The molecule has 2 N–H and O–H groups in total. The lowest BCUT2D eigenvalue weighted by Gasteiger charge is -2.16. The minimum absolute atomic E-state index is 0.129. The predicted octanol–water partition coefficient (Wildman–Crippen LogP) is 4.26. The number of urea groups is 1. The number of hydrogen-bond donors (Lipinski definition) is 2. The summed E-state index contributed by atoms with van der Waals surface area (Å²) in [4.78, 5) is 13.5. The molecule has 0 unspecified atom stereocenters. The van der Waals surface area contributed by atoms with Crippen LogP contribution >= 0.6 is 22.9 Å². The topological polar surface area (TPSA) is 50.4 Å². The van der Waals surface area contributed by atoms with Gasteiger partial charge in [0.15, 0.2) is 0 Å². The minimum Gasteiger partial charge on any atom is -0.495 e. The molecule has 1 aromatic carbocycles. The molecule has 0 spiro atoms. The highest BCUT2D eigenvalue weighted by atomic mass is 35.5. The lowest BCUT2D eigenvalue weighted by Crippen LogP contribution is -2.35. The molecular weight excluding hydrogens is 320 g/mol. The molecule has 2 amide bonds. The van der Waals surface area contributed by atoms with Gasteiger partial charge in [-0.15, -0.1) is 11.3 Å². The molecule has 6 heteroatoms. The highest BCUT2D eigenvalue weighted by Gasteiger charge is 2.45. The maximum Gasteiger partial charge on any atom is 0.319 e. The van der Waals surface area contributed by atoms with Crippen molar-refractivity contribution in [3.63, 3.8) is 0 Å². The number of carbonyl (C=O) groups is 1. The van der Waals surface area contributed by atoms with Crippen LogP contribution in [0.15, 0.2) is 35.7 Å². The van der Waals surface area contributed by atoms with Crippen molar-refractivity contribution in [3.05, 3.63) is 45.6 Å². The van der Waals surface area contributed by atoms with Crippen molar-refractivity contribution in [3.8, 4) is 5.75 Å². The first-order valence-corrected chi connectivity index (χ1v) is 8.31. The molecule has 1 heterocycles. The van der Waals surface area contributed by atoms with Crippen LogP contribution in [-0.2, 0) is 5.41 Å². The van der Waals surface area contributed by atoms with Crippen molar-refractivity contribution in [1.82, 2.24) is 5.32 Å². The molecule has 116 valence electrons. The molecule has 4 nitrogen and oxygen atoms in total. The van der Waals surface area contributed by atoms with Crippen molar-refractivity contribution in [1.29, 1.82) is 0 Å². The summed E-state index contributed by atoms with van der Waals surface area (Å²) in [6, 6.07) is 9.06. The van der Waals surface area contributed by atoms with E-state index in [1.54, 1.807) is 36.6 Å². The Morgan fingerprint density at radius 3 is 2.86 bits per heavy atom. The summed E-state index contributed by atoms with van der Waals surface area (Å²) in [6.45, 7) is 0.641. The fourth-order valence-corrected chi connectivity index (χ4v) is 3.59. The van der Waals surface area contributed by atoms with E-state index in [0.29, 0.717) is 23.0 Å². The maximum atomic E-state index is 12.1. The van der Waals surface area contributed by atoms with E-state index in [-0.39, 0.29) is 11.4 Å². The van der Waals surface area contributed by atoms with Crippen molar-refractivity contribution >= 4 is 34.7 Å². The summed E-state index contributed by atoms with van der Waals surface area (Å²) in [7, 11) is 1.56. The number of halogens is 1. The molecule has 0 aliphatic heterocycles. The van der Waals surface area contributed by atoms with Crippen LogP contribution in [0.5, 0.6) is 5.75 Å². The molecule has 0 saturated heterocycles. The third-order valence-electron chi connectivity index (χ3n) is 3.89. The molecule has 0 radical (unpaired) electrons. The SMILES string of the molecule is COc1ccc(Cl)cc1NC(=O)NCC1(c2cccs2)CC1. The average molecular weight is 337 g/mol. The second kappa shape index (κ2) is 6.18. The van der Waals surface area contributed by atoms with Crippen LogP contribution in [-0.4, -0.2) is 19.7 Å². The Labute approximate surface area is 138 Å². The van der Waals surface area contributed by atoms with Gasteiger partial charge in [0.2, 0.25) is 0 Å². The van der Waals surface area contributed by atoms with E-state index in [1.807, 2.05) is 0 Å². The highest BCUT2D eigenvalue weighted by Crippen LogP contribution is 2.49. The van der Waals surface area contributed by atoms with Crippen molar-refractivity contribution < 1.29 is 9.53 Å². The number of nitrogens with one attached hydrogen (secondary N) is 2. The molecule has 2 aromatic rings. The first-order valence-electron chi connectivity index (χ1n) is 7.05. The Bertz CT molecular complexity index is 669. The van der Waals surface area contributed by atoms with Gasteiger partial charge in [-0.3, -0.25) is 0 Å². The highest BCUT2D eigenvalue weighted by molar-refractivity contribution is 7.10.